The summed E-state index contributed by atoms with van der Waals surface area (Å²) in [5.41, 5.74) is -1.17. The number of hydrogen-bond acceptors (Lipinski definition) is 8. The summed E-state index contributed by atoms with van der Waals surface area (Å²) in [6.07, 6.45) is -4.12. The molecule has 0 aliphatic carbocycles. The molecule has 2 heterocycles. The molecule has 16 heteroatoms. The van der Waals surface area contributed by atoms with Crippen LogP contribution in [0.15, 0.2) is 41.4 Å². The van der Waals surface area contributed by atoms with E-state index < -0.39 is 32.7 Å². The largest absolute Gasteiger partial charge is 0.481 e. The number of alkyl halides is 3. The van der Waals surface area contributed by atoms with Crippen molar-refractivity contribution in [1.82, 2.24) is 19.7 Å². The van der Waals surface area contributed by atoms with Crippen LogP contribution in [0.3, 0.4) is 0 Å². The molecule has 3 aromatic rings. The molecular formula is C19H14Cl2F3N5O5S. The summed E-state index contributed by atoms with van der Waals surface area (Å²) >= 11 is 11.9. The van der Waals surface area contributed by atoms with Gasteiger partial charge in [0.05, 0.1) is 41.6 Å². The van der Waals surface area contributed by atoms with E-state index in [4.69, 9.17) is 32.7 Å². The number of sulfonamides is 1. The SMILES string of the molecule is COc1cc(OC)nc(NC(=O)NS(=O)(=O)c2cc(-c3ncc(C(F)(F)F)cc3Cl)ccc2Cl)n1. The van der Waals surface area contributed by atoms with Gasteiger partial charge in [-0.25, -0.2) is 17.9 Å². The molecule has 2 aromatic heterocycles. The number of urea groups is 1. The van der Waals surface area contributed by atoms with E-state index >= 15 is 0 Å². The van der Waals surface area contributed by atoms with Gasteiger partial charge in [-0.15, -0.1) is 0 Å². The van der Waals surface area contributed by atoms with Crippen LogP contribution in [-0.2, 0) is 16.2 Å². The van der Waals surface area contributed by atoms with Gasteiger partial charge in [-0.05, 0) is 18.2 Å². The number of pyridine rings is 1. The first-order valence-corrected chi connectivity index (χ1v) is 11.4. The quantitative estimate of drug-likeness (QED) is 0.460. The monoisotopic (exact) mass is 551 g/mol. The van der Waals surface area contributed by atoms with E-state index in [-0.39, 0.29) is 39.0 Å². The zero-order valence-electron chi connectivity index (χ0n) is 17.6. The second kappa shape index (κ2) is 10.1. The Morgan fingerprint density at radius 2 is 1.63 bits per heavy atom. The average molecular weight is 552 g/mol. The van der Waals surface area contributed by atoms with Crippen LogP contribution in [0, 0.1) is 0 Å². The van der Waals surface area contributed by atoms with Gasteiger partial charge in [0.15, 0.2) is 0 Å². The van der Waals surface area contributed by atoms with Crippen molar-refractivity contribution in [3.63, 3.8) is 0 Å². The van der Waals surface area contributed by atoms with Crippen LogP contribution < -0.4 is 19.5 Å². The third kappa shape index (κ3) is 6.21. The summed E-state index contributed by atoms with van der Waals surface area (Å²) in [5.74, 6) is -0.257. The number of hydrogen-bond donors (Lipinski definition) is 2. The molecule has 0 aliphatic heterocycles. The fourth-order valence-corrected chi connectivity index (χ4v) is 4.34. The Balaban J connectivity index is 1.88. The fourth-order valence-electron chi connectivity index (χ4n) is 2.64. The average Bonchev–Trinajstić information content (AvgIpc) is 2.78. The molecule has 10 nitrogen and oxygen atoms in total. The number of ether oxygens (including phenoxy) is 2. The summed E-state index contributed by atoms with van der Waals surface area (Å²) in [6, 6.07) is 4.21. The maximum atomic E-state index is 12.9. The minimum atomic E-state index is -4.67. The molecular weight excluding hydrogens is 538 g/mol. The molecule has 3 rings (SSSR count). The van der Waals surface area contributed by atoms with E-state index in [2.05, 4.69) is 20.3 Å². The van der Waals surface area contributed by atoms with Crippen molar-refractivity contribution < 1.29 is 35.9 Å². The minimum absolute atomic E-state index is 0.0340. The lowest BCUT2D eigenvalue weighted by Crippen LogP contribution is -2.35. The van der Waals surface area contributed by atoms with Crippen molar-refractivity contribution >= 4 is 45.2 Å². The Bertz CT molecular complexity index is 1370. The molecule has 186 valence electrons. The molecule has 35 heavy (non-hydrogen) atoms. The number of carbonyl (C=O) groups is 1. The van der Waals surface area contributed by atoms with Gasteiger partial charge in [0.2, 0.25) is 17.7 Å². The molecule has 0 aliphatic rings. The Morgan fingerprint density at radius 3 is 2.17 bits per heavy atom. The highest BCUT2D eigenvalue weighted by Crippen LogP contribution is 2.35. The lowest BCUT2D eigenvalue weighted by molar-refractivity contribution is -0.137. The molecule has 0 bridgehead atoms. The van der Waals surface area contributed by atoms with E-state index in [0.29, 0.717) is 12.3 Å². The third-order valence-electron chi connectivity index (χ3n) is 4.21. The number of nitrogens with one attached hydrogen (secondary N) is 2. The lowest BCUT2D eigenvalue weighted by atomic mass is 10.1. The first-order chi connectivity index (χ1) is 16.3. The molecule has 0 saturated heterocycles. The van der Waals surface area contributed by atoms with Crippen LogP contribution >= 0.6 is 23.2 Å². The van der Waals surface area contributed by atoms with Gasteiger partial charge in [0.25, 0.3) is 10.0 Å². The molecule has 1 aromatic carbocycles. The molecule has 0 fully saturated rings. The third-order valence-corrected chi connectivity index (χ3v) is 6.31. The van der Waals surface area contributed by atoms with Gasteiger partial charge in [0.1, 0.15) is 4.90 Å². The van der Waals surface area contributed by atoms with E-state index in [0.717, 1.165) is 12.1 Å². The number of benzene rings is 1. The topological polar surface area (TPSA) is 132 Å². The fraction of sp³-hybridized carbons (Fsp3) is 0.158. The van der Waals surface area contributed by atoms with Crippen LogP contribution in [0.25, 0.3) is 11.3 Å². The molecule has 0 spiro atoms. The van der Waals surface area contributed by atoms with Crippen molar-refractivity contribution in [3.05, 3.63) is 52.1 Å². The van der Waals surface area contributed by atoms with Crippen molar-refractivity contribution in [2.45, 2.75) is 11.1 Å². The molecule has 0 atom stereocenters. The lowest BCUT2D eigenvalue weighted by Gasteiger charge is -2.12. The Kier molecular flexibility index (Phi) is 7.57. The van der Waals surface area contributed by atoms with E-state index in [1.165, 1.54) is 26.4 Å². The molecule has 0 saturated carbocycles. The number of halogens is 5. The summed E-state index contributed by atoms with van der Waals surface area (Å²) in [4.78, 5) is 23.1. The number of amides is 2. The molecule has 2 amide bonds. The van der Waals surface area contributed by atoms with Crippen molar-refractivity contribution in [2.24, 2.45) is 0 Å². The van der Waals surface area contributed by atoms with Crippen LogP contribution in [0.4, 0.5) is 23.9 Å². The molecule has 0 radical (unpaired) electrons. The van der Waals surface area contributed by atoms with Crippen molar-refractivity contribution in [1.29, 1.82) is 0 Å². The first kappa shape index (κ1) is 26.2. The number of rotatable bonds is 6. The molecule has 2 N–H and O–H groups in total. The Labute approximate surface area is 206 Å². The van der Waals surface area contributed by atoms with Gasteiger partial charge >= 0.3 is 12.2 Å². The second-order valence-electron chi connectivity index (χ2n) is 6.53. The predicted octanol–water partition coefficient (Wildman–Crippen LogP) is 4.39. The van der Waals surface area contributed by atoms with E-state index in [1.807, 2.05) is 0 Å². The van der Waals surface area contributed by atoms with Gasteiger partial charge in [-0.2, -0.15) is 23.1 Å². The van der Waals surface area contributed by atoms with Crippen molar-refractivity contribution in [3.8, 4) is 23.0 Å². The molecule has 0 unspecified atom stereocenters. The second-order valence-corrected chi connectivity index (χ2v) is 9.00. The first-order valence-electron chi connectivity index (χ1n) is 9.17. The van der Waals surface area contributed by atoms with Gasteiger partial charge < -0.3 is 9.47 Å². The summed E-state index contributed by atoms with van der Waals surface area (Å²) in [5, 5.41) is 1.46. The van der Waals surface area contributed by atoms with E-state index in [9.17, 15) is 26.4 Å². The van der Waals surface area contributed by atoms with Crippen molar-refractivity contribution in [2.75, 3.05) is 19.5 Å². The van der Waals surface area contributed by atoms with Crippen LogP contribution in [0.1, 0.15) is 5.56 Å². The predicted molar refractivity (Wildman–Crippen MR) is 119 cm³/mol. The summed E-state index contributed by atoms with van der Waals surface area (Å²) in [6.45, 7) is 0. The van der Waals surface area contributed by atoms with E-state index in [1.54, 1.807) is 4.72 Å². The number of anilines is 1. The van der Waals surface area contributed by atoms with Gasteiger partial charge in [-0.1, -0.05) is 29.3 Å². The number of methoxy groups -OCH3 is 2. The zero-order chi connectivity index (χ0) is 26.0. The summed E-state index contributed by atoms with van der Waals surface area (Å²) < 4.78 is 75.8. The maximum absolute atomic E-state index is 12.9. The van der Waals surface area contributed by atoms with Gasteiger partial charge in [-0.3, -0.25) is 10.3 Å². The standard InChI is InChI=1S/C19H14Cl2F3N5O5S/c1-33-14-7-15(34-2)27-17(26-14)28-18(30)29-35(31,32)13-5-9(3-4-11(13)20)16-12(21)6-10(8-25-16)19(22,23)24/h3-8H,1-2H3,(H2,26,27,28,29,30). The highest BCUT2D eigenvalue weighted by molar-refractivity contribution is 7.90. The number of aromatic nitrogens is 3. The highest BCUT2D eigenvalue weighted by Gasteiger charge is 2.32. The van der Waals surface area contributed by atoms with Crippen LogP contribution in [0.5, 0.6) is 11.8 Å². The van der Waals surface area contributed by atoms with Crippen LogP contribution in [-0.4, -0.2) is 43.6 Å². The van der Waals surface area contributed by atoms with Gasteiger partial charge in [0, 0.05) is 11.8 Å². The zero-order valence-corrected chi connectivity index (χ0v) is 20.0. The number of nitrogens with zero attached hydrogens (tertiary/aromatic N) is 3. The minimum Gasteiger partial charge on any atom is -0.481 e. The maximum Gasteiger partial charge on any atom is 0.417 e. The normalized spacial score (nSPS) is 11.6. The Hall–Kier alpha value is -3.36. The Morgan fingerprint density at radius 1 is 1.00 bits per heavy atom. The van der Waals surface area contributed by atoms with Crippen LogP contribution in [0.2, 0.25) is 10.0 Å². The summed E-state index contributed by atoms with van der Waals surface area (Å²) in [7, 11) is -1.96. The highest BCUT2D eigenvalue weighted by atomic mass is 35.5. The number of carbonyl (C=O) groups excluding carboxylic acids is 1. The smallest absolute Gasteiger partial charge is 0.417 e.